The average Bonchev–Trinajstić information content (AvgIpc) is 2.68. The summed E-state index contributed by atoms with van der Waals surface area (Å²) in [5.41, 5.74) is 0.305. The minimum Gasteiger partial charge on any atom is -0.496 e. The number of benzene rings is 2. The summed E-state index contributed by atoms with van der Waals surface area (Å²) in [5.74, 6) is -1.81. The van der Waals surface area contributed by atoms with Gasteiger partial charge >= 0.3 is 0 Å². The molecule has 1 N–H and O–H groups in total. The first-order chi connectivity index (χ1) is 13.0. The number of hydrogen-bond acceptors (Lipinski definition) is 3. The summed E-state index contributed by atoms with van der Waals surface area (Å²) < 4.78 is 31.9. The molecule has 0 spiro atoms. The molecule has 3 rings (SSSR count). The maximum absolute atomic E-state index is 13.7. The summed E-state index contributed by atoms with van der Waals surface area (Å²) >= 11 is 0. The molecule has 0 aromatic heterocycles. The van der Waals surface area contributed by atoms with Crippen LogP contribution in [0.4, 0.5) is 8.78 Å². The second kappa shape index (κ2) is 8.16. The van der Waals surface area contributed by atoms with Gasteiger partial charge in [-0.2, -0.15) is 0 Å². The molecule has 142 valence electrons. The molecule has 7 heteroatoms. The van der Waals surface area contributed by atoms with Crippen LogP contribution in [0.25, 0.3) is 0 Å². The van der Waals surface area contributed by atoms with E-state index in [2.05, 4.69) is 5.32 Å². The van der Waals surface area contributed by atoms with Gasteiger partial charge in [-0.15, -0.1) is 0 Å². The van der Waals surface area contributed by atoms with Crippen LogP contribution in [0.3, 0.4) is 0 Å². The predicted octanol–water partition coefficient (Wildman–Crippen LogP) is 3.01. The third-order valence-electron chi connectivity index (χ3n) is 4.63. The van der Waals surface area contributed by atoms with Crippen molar-refractivity contribution in [3.63, 3.8) is 0 Å². The number of piperidine rings is 1. The number of halogens is 2. The third-order valence-corrected chi connectivity index (χ3v) is 4.63. The Bertz CT molecular complexity index is 849. The highest BCUT2D eigenvalue weighted by molar-refractivity contribution is 5.97. The van der Waals surface area contributed by atoms with Crippen LogP contribution in [-0.2, 0) is 0 Å². The van der Waals surface area contributed by atoms with Gasteiger partial charge in [-0.3, -0.25) is 9.59 Å². The van der Waals surface area contributed by atoms with Gasteiger partial charge in [-0.25, -0.2) is 8.78 Å². The zero-order chi connectivity index (χ0) is 19.4. The molecule has 0 aliphatic carbocycles. The molecule has 0 radical (unpaired) electrons. The van der Waals surface area contributed by atoms with Crippen molar-refractivity contribution in [1.29, 1.82) is 0 Å². The Morgan fingerprint density at radius 2 is 1.78 bits per heavy atom. The maximum Gasteiger partial charge on any atom is 0.257 e. The highest BCUT2D eigenvalue weighted by Gasteiger charge is 2.26. The van der Waals surface area contributed by atoms with Gasteiger partial charge in [0.25, 0.3) is 11.8 Å². The topological polar surface area (TPSA) is 58.6 Å². The number of amides is 2. The van der Waals surface area contributed by atoms with Gasteiger partial charge in [0, 0.05) is 25.2 Å². The van der Waals surface area contributed by atoms with Crippen molar-refractivity contribution in [2.75, 3.05) is 20.2 Å². The minimum atomic E-state index is -0.892. The minimum absolute atomic E-state index is 0.123. The summed E-state index contributed by atoms with van der Waals surface area (Å²) in [6.45, 7) is 0.932. The molecule has 0 bridgehead atoms. The molecule has 1 aliphatic heterocycles. The summed E-state index contributed by atoms with van der Waals surface area (Å²) in [7, 11) is 1.52. The highest BCUT2D eigenvalue weighted by Crippen LogP contribution is 2.22. The van der Waals surface area contributed by atoms with Crippen molar-refractivity contribution in [3.8, 4) is 5.75 Å². The molecular weight excluding hydrogens is 354 g/mol. The number of likely N-dealkylation sites (tertiary alicyclic amines) is 1. The number of rotatable bonds is 4. The number of methoxy groups -OCH3 is 1. The second-order valence-corrected chi connectivity index (χ2v) is 6.36. The molecule has 2 amide bonds. The van der Waals surface area contributed by atoms with Gasteiger partial charge < -0.3 is 15.0 Å². The van der Waals surface area contributed by atoms with Crippen molar-refractivity contribution < 1.29 is 23.1 Å². The molecular formula is C20H20F2N2O3. The number of nitrogens with one attached hydrogen (secondary N) is 1. The van der Waals surface area contributed by atoms with E-state index in [9.17, 15) is 18.4 Å². The Kier molecular flexibility index (Phi) is 5.69. The van der Waals surface area contributed by atoms with E-state index < -0.39 is 17.5 Å². The smallest absolute Gasteiger partial charge is 0.257 e. The van der Waals surface area contributed by atoms with E-state index in [1.54, 1.807) is 29.2 Å². The lowest BCUT2D eigenvalue weighted by Crippen LogP contribution is -2.46. The Morgan fingerprint density at radius 3 is 2.44 bits per heavy atom. The van der Waals surface area contributed by atoms with Crippen molar-refractivity contribution in [2.45, 2.75) is 18.9 Å². The van der Waals surface area contributed by atoms with Gasteiger partial charge in [0.1, 0.15) is 17.4 Å². The van der Waals surface area contributed by atoms with Crippen molar-refractivity contribution in [1.82, 2.24) is 10.2 Å². The Balaban J connectivity index is 1.58. The summed E-state index contributed by atoms with van der Waals surface area (Å²) in [6, 6.07) is 9.70. The van der Waals surface area contributed by atoms with E-state index in [1.165, 1.54) is 7.11 Å². The molecule has 2 aromatic carbocycles. The molecule has 27 heavy (non-hydrogen) atoms. The van der Waals surface area contributed by atoms with Crippen LogP contribution in [0, 0.1) is 11.6 Å². The monoisotopic (exact) mass is 374 g/mol. The van der Waals surface area contributed by atoms with Crippen molar-refractivity contribution >= 4 is 11.8 Å². The quantitative estimate of drug-likeness (QED) is 0.895. The zero-order valence-corrected chi connectivity index (χ0v) is 14.9. The molecule has 0 unspecified atom stereocenters. The number of carbonyl (C=O) groups is 2. The molecule has 1 saturated heterocycles. The number of para-hydroxylation sites is 1. The number of carbonyl (C=O) groups excluding carboxylic acids is 2. The van der Waals surface area contributed by atoms with E-state index in [-0.39, 0.29) is 17.5 Å². The average molecular weight is 374 g/mol. The SMILES string of the molecule is COc1ccccc1C(=O)N1CCC(NC(=O)c2ccc(F)cc2F)CC1. The summed E-state index contributed by atoms with van der Waals surface area (Å²) in [6.07, 6.45) is 1.10. The van der Waals surface area contributed by atoms with Gasteiger partial charge in [0.15, 0.2) is 0 Å². The van der Waals surface area contributed by atoms with Crippen LogP contribution < -0.4 is 10.1 Å². The first kappa shape index (κ1) is 18.8. The fraction of sp³-hybridized carbons (Fsp3) is 0.300. The van der Waals surface area contributed by atoms with Crippen LogP contribution in [0.15, 0.2) is 42.5 Å². The first-order valence-electron chi connectivity index (χ1n) is 8.68. The molecule has 1 fully saturated rings. The van der Waals surface area contributed by atoms with Crippen LogP contribution >= 0.6 is 0 Å². The standard InChI is InChI=1S/C20H20F2N2O3/c1-27-18-5-3-2-4-16(18)20(26)24-10-8-14(9-11-24)23-19(25)15-7-6-13(21)12-17(15)22/h2-7,12,14H,8-11H2,1H3,(H,23,25). The van der Waals surface area contributed by atoms with Gasteiger partial charge in [0.2, 0.25) is 0 Å². The summed E-state index contributed by atoms with van der Waals surface area (Å²) in [5, 5.41) is 2.75. The van der Waals surface area contributed by atoms with Crippen LogP contribution in [0.5, 0.6) is 5.75 Å². The van der Waals surface area contributed by atoms with Crippen LogP contribution in [-0.4, -0.2) is 43.0 Å². The first-order valence-corrected chi connectivity index (χ1v) is 8.68. The largest absolute Gasteiger partial charge is 0.496 e. The van der Waals surface area contributed by atoms with Crippen LogP contribution in [0.2, 0.25) is 0 Å². The van der Waals surface area contributed by atoms with E-state index in [4.69, 9.17) is 4.74 Å². The number of nitrogens with zero attached hydrogens (tertiary/aromatic N) is 1. The fourth-order valence-corrected chi connectivity index (χ4v) is 3.16. The zero-order valence-electron chi connectivity index (χ0n) is 14.9. The summed E-state index contributed by atoms with van der Waals surface area (Å²) in [4.78, 5) is 26.6. The van der Waals surface area contributed by atoms with E-state index >= 15 is 0 Å². The lowest BCUT2D eigenvalue weighted by molar-refractivity contribution is 0.0694. The Labute approximate surface area is 155 Å². The second-order valence-electron chi connectivity index (χ2n) is 6.36. The number of ether oxygens (including phenoxy) is 1. The molecule has 0 saturated carbocycles. The molecule has 2 aromatic rings. The van der Waals surface area contributed by atoms with E-state index in [1.807, 2.05) is 0 Å². The molecule has 5 nitrogen and oxygen atoms in total. The predicted molar refractivity (Wildman–Crippen MR) is 95.7 cm³/mol. The van der Waals surface area contributed by atoms with Crippen molar-refractivity contribution in [3.05, 3.63) is 65.2 Å². The lowest BCUT2D eigenvalue weighted by Gasteiger charge is -2.32. The molecule has 0 atom stereocenters. The fourth-order valence-electron chi connectivity index (χ4n) is 3.16. The molecule has 1 heterocycles. The third kappa shape index (κ3) is 4.24. The van der Waals surface area contributed by atoms with Crippen molar-refractivity contribution in [2.24, 2.45) is 0 Å². The Hall–Kier alpha value is -2.96. The van der Waals surface area contributed by atoms with Crippen LogP contribution in [0.1, 0.15) is 33.6 Å². The van der Waals surface area contributed by atoms with Gasteiger partial charge in [-0.05, 0) is 37.1 Å². The van der Waals surface area contributed by atoms with E-state index in [0.29, 0.717) is 43.3 Å². The molecule has 1 aliphatic rings. The van der Waals surface area contributed by atoms with E-state index in [0.717, 1.165) is 12.1 Å². The van der Waals surface area contributed by atoms with Gasteiger partial charge in [-0.1, -0.05) is 12.1 Å². The Morgan fingerprint density at radius 1 is 1.07 bits per heavy atom. The highest BCUT2D eigenvalue weighted by atomic mass is 19.1. The van der Waals surface area contributed by atoms with Gasteiger partial charge in [0.05, 0.1) is 18.2 Å². The normalized spacial score (nSPS) is 14.7. The number of hydrogen-bond donors (Lipinski definition) is 1. The lowest BCUT2D eigenvalue weighted by atomic mass is 10.0. The maximum atomic E-state index is 13.7.